The predicted octanol–water partition coefficient (Wildman–Crippen LogP) is 4.31. The monoisotopic (exact) mass is 310 g/mol. The highest BCUT2D eigenvalue weighted by atomic mass is 32.2. The third-order valence-electron chi connectivity index (χ3n) is 3.89. The van der Waals surface area contributed by atoms with Gasteiger partial charge in [0.2, 0.25) is 9.84 Å². The van der Waals surface area contributed by atoms with Crippen molar-refractivity contribution < 1.29 is 12.8 Å². The molecular formula is C18H11FO2S. The van der Waals surface area contributed by atoms with Crippen molar-refractivity contribution >= 4 is 9.84 Å². The largest absolute Gasteiger partial charge is 0.218 e. The van der Waals surface area contributed by atoms with Gasteiger partial charge in [0.1, 0.15) is 5.82 Å². The summed E-state index contributed by atoms with van der Waals surface area (Å²) in [4.78, 5) is 0.579. The van der Waals surface area contributed by atoms with E-state index in [9.17, 15) is 12.8 Å². The van der Waals surface area contributed by atoms with Crippen molar-refractivity contribution in [1.29, 1.82) is 0 Å². The van der Waals surface area contributed by atoms with Gasteiger partial charge < -0.3 is 0 Å². The molecule has 0 N–H and O–H groups in total. The Balaban J connectivity index is 2.09. The Morgan fingerprint density at radius 3 is 2.23 bits per heavy atom. The molecule has 0 spiro atoms. The molecule has 0 bridgehead atoms. The zero-order valence-corrected chi connectivity index (χ0v) is 12.3. The standard InChI is InChI=1S/C18H11FO2S/c19-13-6-3-5-12(11-13)14-8-4-9-16-15-7-1-2-10-17(15)22(20,21)18(14)16/h1-11H. The molecule has 0 unspecified atom stereocenters. The van der Waals surface area contributed by atoms with E-state index in [4.69, 9.17) is 0 Å². The maximum absolute atomic E-state index is 13.5. The van der Waals surface area contributed by atoms with E-state index in [0.717, 1.165) is 0 Å². The van der Waals surface area contributed by atoms with Crippen LogP contribution < -0.4 is 0 Å². The van der Waals surface area contributed by atoms with E-state index in [-0.39, 0.29) is 10.7 Å². The zero-order valence-electron chi connectivity index (χ0n) is 11.5. The van der Waals surface area contributed by atoms with Gasteiger partial charge in [-0.3, -0.25) is 0 Å². The Labute approximate surface area is 127 Å². The molecule has 0 atom stereocenters. The second-order valence-corrected chi connectivity index (χ2v) is 7.05. The molecule has 22 heavy (non-hydrogen) atoms. The molecule has 1 heterocycles. The molecule has 4 rings (SSSR count). The number of benzene rings is 3. The summed E-state index contributed by atoms with van der Waals surface area (Å²) in [7, 11) is -3.58. The zero-order chi connectivity index (χ0) is 15.3. The molecule has 4 heteroatoms. The van der Waals surface area contributed by atoms with Crippen LogP contribution >= 0.6 is 0 Å². The summed E-state index contributed by atoms with van der Waals surface area (Å²) in [6.07, 6.45) is 0. The maximum atomic E-state index is 13.5. The normalized spacial score (nSPS) is 14.4. The lowest BCUT2D eigenvalue weighted by atomic mass is 9.99. The smallest absolute Gasteiger partial charge is 0.208 e. The van der Waals surface area contributed by atoms with Crippen LogP contribution in [0.2, 0.25) is 0 Å². The van der Waals surface area contributed by atoms with Gasteiger partial charge in [-0.05, 0) is 23.8 Å². The van der Waals surface area contributed by atoms with Gasteiger partial charge in [0, 0.05) is 16.7 Å². The quantitative estimate of drug-likeness (QED) is 0.525. The molecule has 0 aliphatic carbocycles. The lowest BCUT2D eigenvalue weighted by molar-refractivity contribution is 0.599. The topological polar surface area (TPSA) is 34.1 Å². The third-order valence-corrected chi connectivity index (χ3v) is 5.80. The molecule has 0 aromatic heterocycles. The van der Waals surface area contributed by atoms with Crippen LogP contribution in [0.4, 0.5) is 4.39 Å². The van der Waals surface area contributed by atoms with Crippen LogP contribution in [-0.4, -0.2) is 8.42 Å². The molecule has 1 aliphatic heterocycles. The highest BCUT2D eigenvalue weighted by Gasteiger charge is 2.34. The summed E-state index contributed by atoms with van der Waals surface area (Å²) in [5, 5.41) is 0. The van der Waals surface area contributed by atoms with Crippen molar-refractivity contribution in [1.82, 2.24) is 0 Å². The number of sulfone groups is 1. The van der Waals surface area contributed by atoms with E-state index in [1.165, 1.54) is 12.1 Å². The Kier molecular flexibility index (Phi) is 2.71. The molecule has 108 valence electrons. The van der Waals surface area contributed by atoms with Gasteiger partial charge in [-0.1, -0.05) is 48.5 Å². The van der Waals surface area contributed by atoms with Gasteiger partial charge in [0.15, 0.2) is 0 Å². The van der Waals surface area contributed by atoms with E-state index in [1.54, 1.807) is 48.5 Å². The van der Waals surface area contributed by atoms with Gasteiger partial charge in [-0.15, -0.1) is 0 Å². The summed E-state index contributed by atoms with van der Waals surface area (Å²) < 4.78 is 39.2. The summed E-state index contributed by atoms with van der Waals surface area (Å²) in [5.74, 6) is -0.386. The third kappa shape index (κ3) is 1.74. The van der Waals surface area contributed by atoms with Crippen LogP contribution in [0, 0.1) is 5.82 Å². The van der Waals surface area contributed by atoms with Crippen molar-refractivity contribution in [2.24, 2.45) is 0 Å². The van der Waals surface area contributed by atoms with Crippen LogP contribution in [0.1, 0.15) is 0 Å². The Hall–Kier alpha value is -2.46. The molecule has 3 aromatic carbocycles. The summed E-state index contributed by atoms with van der Waals surface area (Å²) in [6.45, 7) is 0. The van der Waals surface area contributed by atoms with E-state index >= 15 is 0 Å². The summed E-state index contributed by atoms with van der Waals surface area (Å²) in [6, 6.07) is 18.3. The van der Waals surface area contributed by atoms with Gasteiger partial charge >= 0.3 is 0 Å². The fourth-order valence-electron chi connectivity index (χ4n) is 2.96. The second kappa shape index (κ2) is 4.52. The van der Waals surface area contributed by atoms with Crippen LogP contribution in [0.5, 0.6) is 0 Å². The highest BCUT2D eigenvalue weighted by molar-refractivity contribution is 7.92. The van der Waals surface area contributed by atoms with Gasteiger partial charge in [0.25, 0.3) is 0 Å². The number of fused-ring (bicyclic) bond motifs is 3. The Morgan fingerprint density at radius 2 is 1.41 bits per heavy atom. The predicted molar refractivity (Wildman–Crippen MR) is 82.7 cm³/mol. The van der Waals surface area contributed by atoms with Gasteiger partial charge in [-0.2, -0.15) is 0 Å². The van der Waals surface area contributed by atoms with Crippen molar-refractivity contribution in [2.75, 3.05) is 0 Å². The molecule has 0 saturated heterocycles. The van der Waals surface area contributed by atoms with E-state index in [2.05, 4.69) is 0 Å². The first-order valence-corrected chi connectivity index (χ1v) is 8.31. The van der Waals surface area contributed by atoms with Gasteiger partial charge in [-0.25, -0.2) is 12.8 Å². The van der Waals surface area contributed by atoms with Crippen LogP contribution in [-0.2, 0) is 9.84 Å². The van der Waals surface area contributed by atoms with E-state index in [1.807, 2.05) is 6.07 Å². The maximum Gasteiger partial charge on any atom is 0.208 e. The van der Waals surface area contributed by atoms with Crippen LogP contribution in [0.25, 0.3) is 22.3 Å². The molecule has 0 radical (unpaired) electrons. The Bertz CT molecular complexity index is 1010. The summed E-state index contributed by atoms with van der Waals surface area (Å²) in [5.41, 5.74) is 2.48. The minimum Gasteiger partial charge on any atom is -0.218 e. The van der Waals surface area contributed by atoms with Crippen molar-refractivity contribution in [3.8, 4) is 22.3 Å². The average Bonchev–Trinajstić information content (AvgIpc) is 2.76. The Morgan fingerprint density at radius 1 is 0.727 bits per heavy atom. The van der Waals surface area contributed by atoms with Crippen LogP contribution in [0.15, 0.2) is 76.5 Å². The molecular weight excluding hydrogens is 299 g/mol. The van der Waals surface area contributed by atoms with Crippen LogP contribution in [0.3, 0.4) is 0 Å². The second-order valence-electron chi connectivity index (χ2n) is 5.19. The molecule has 1 aliphatic rings. The fourth-order valence-corrected chi connectivity index (χ4v) is 4.84. The SMILES string of the molecule is O=S1(=O)c2ccccc2-c2cccc(-c3cccc(F)c3)c21. The van der Waals surface area contributed by atoms with E-state index < -0.39 is 9.84 Å². The fraction of sp³-hybridized carbons (Fsp3) is 0. The first-order valence-electron chi connectivity index (χ1n) is 6.82. The van der Waals surface area contributed by atoms with Crippen molar-refractivity contribution in [3.63, 3.8) is 0 Å². The molecule has 2 nitrogen and oxygen atoms in total. The summed E-state index contributed by atoms with van der Waals surface area (Å²) >= 11 is 0. The number of halogens is 1. The number of rotatable bonds is 1. The lowest BCUT2D eigenvalue weighted by Crippen LogP contribution is -1.99. The highest BCUT2D eigenvalue weighted by Crippen LogP contribution is 2.47. The lowest BCUT2D eigenvalue weighted by Gasteiger charge is -2.08. The number of hydrogen-bond donors (Lipinski definition) is 0. The minimum atomic E-state index is -3.58. The van der Waals surface area contributed by atoms with Gasteiger partial charge in [0.05, 0.1) is 9.79 Å². The molecule has 0 amide bonds. The molecule has 3 aromatic rings. The van der Waals surface area contributed by atoms with Crippen molar-refractivity contribution in [2.45, 2.75) is 9.79 Å². The molecule has 0 saturated carbocycles. The number of hydrogen-bond acceptors (Lipinski definition) is 2. The molecule has 0 fully saturated rings. The van der Waals surface area contributed by atoms with Crippen molar-refractivity contribution in [3.05, 3.63) is 72.5 Å². The van der Waals surface area contributed by atoms with E-state index in [0.29, 0.717) is 27.1 Å². The minimum absolute atomic E-state index is 0.266. The first kappa shape index (κ1) is 13.2. The first-order chi connectivity index (χ1) is 10.6. The average molecular weight is 310 g/mol.